The Balaban J connectivity index is 2.53. The topological polar surface area (TPSA) is 87.3 Å². The number of unbranched alkanes of at least 4 members (excludes halogenated alkanes) is 1. The molecule has 3 N–H and O–H groups in total. The average molecular weight is 441 g/mol. The largest absolute Gasteiger partial charge is 0.471 e. The van der Waals surface area contributed by atoms with E-state index in [1.54, 1.807) is 41.0 Å². The lowest BCUT2D eigenvalue weighted by Crippen LogP contribution is -2.51. The lowest BCUT2D eigenvalue weighted by Gasteiger charge is -2.19. The quantitative estimate of drug-likeness (QED) is 0.385. The van der Waals surface area contributed by atoms with Crippen molar-refractivity contribution in [1.82, 2.24) is 16.0 Å². The van der Waals surface area contributed by atoms with E-state index < -0.39 is 36.1 Å². The van der Waals surface area contributed by atoms with Gasteiger partial charge in [-0.25, -0.2) is 0 Å². The molecule has 0 heterocycles. The Morgan fingerprint density at radius 3 is 1.97 bits per heavy atom. The minimum absolute atomic E-state index is 0.00690. The summed E-state index contributed by atoms with van der Waals surface area (Å²) in [5, 5.41) is 5.62. The first-order valence-corrected chi connectivity index (χ1v) is 8.95. The van der Waals surface area contributed by atoms with Gasteiger partial charge in [-0.1, -0.05) is 30.3 Å². The summed E-state index contributed by atoms with van der Waals surface area (Å²) in [7, 11) is 0. The van der Waals surface area contributed by atoms with E-state index in [2.05, 4.69) is 5.32 Å². The lowest BCUT2D eigenvalue weighted by molar-refractivity contribution is -0.174. The van der Waals surface area contributed by atoms with Crippen molar-refractivity contribution in [2.45, 2.75) is 44.1 Å². The van der Waals surface area contributed by atoms with Gasteiger partial charge in [0.05, 0.1) is 0 Å². The summed E-state index contributed by atoms with van der Waals surface area (Å²) in [4.78, 5) is 34.0. The molecule has 1 aromatic carbocycles. The van der Waals surface area contributed by atoms with Crippen LogP contribution in [0.1, 0.15) is 24.8 Å². The Labute approximate surface area is 168 Å². The van der Waals surface area contributed by atoms with E-state index in [1.807, 2.05) is 0 Å². The SMILES string of the molecule is O=C(NCCc1ccccc1)[C@H](CCCCNC(=O)C(F)(F)F)NC(=O)C(F)(F)F. The van der Waals surface area contributed by atoms with Crippen LogP contribution in [0.3, 0.4) is 0 Å². The van der Waals surface area contributed by atoms with Crippen molar-refractivity contribution in [2.24, 2.45) is 0 Å². The highest BCUT2D eigenvalue weighted by atomic mass is 19.4. The molecule has 1 aromatic rings. The first kappa shape index (κ1) is 25.2. The van der Waals surface area contributed by atoms with E-state index in [9.17, 15) is 40.7 Å². The van der Waals surface area contributed by atoms with Crippen molar-refractivity contribution in [2.75, 3.05) is 13.1 Å². The summed E-state index contributed by atoms with van der Waals surface area (Å²) in [6, 6.07) is 7.42. The fourth-order valence-corrected chi connectivity index (χ4v) is 2.38. The number of benzene rings is 1. The molecule has 0 aromatic heterocycles. The van der Waals surface area contributed by atoms with Crippen LogP contribution in [0.25, 0.3) is 0 Å². The van der Waals surface area contributed by atoms with Crippen molar-refractivity contribution in [3.8, 4) is 0 Å². The average Bonchev–Trinajstić information content (AvgIpc) is 2.65. The van der Waals surface area contributed by atoms with Gasteiger partial charge in [-0.2, -0.15) is 26.3 Å². The first-order valence-electron chi connectivity index (χ1n) is 8.95. The van der Waals surface area contributed by atoms with Gasteiger partial charge in [0.2, 0.25) is 5.91 Å². The van der Waals surface area contributed by atoms with Gasteiger partial charge in [-0.05, 0) is 31.2 Å². The molecule has 0 unspecified atom stereocenters. The molecule has 0 aliphatic carbocycles. The lowest BCUT2D eigenvalue weighted by atomic mass is 10.1. The van der Waals surface area contributed by atoms with Gasteiger partial charge in [0, 0.05) is 13.1 Å². The molecule has 1 atom stereocenters. The summed E-state index contributed by atoms with van der Waals surface area (Å²) in [6.45, 7) is -0.267. The maximum atomic E-state index is 12.5. The maximum absolute atomic E-state index is 12.5. The van der Waals surface area contributed by atoms with Crippen LogP contribution in [0.15, 0.2) is 30.3 Å². The summed E-state index contributed by atoms with van der Waals surface area (Å²) in [5.74, 6) is -5.28. The predicted octanol–water partition coefficient (Wildman–Crippen LogP) is 2.24. The molecule has 1 rings (SSSR count). The fraction of sp³-hybridized carbons (Fsp3) is 0.500. The van der Waals surface area contributed by atoms with E-state index in [0.717, 1.165) is 5.56 Å². The van der Waals surface area contributed by atoms with Crippen molar-refractivity contribution in [3.63, 3.8) is 0 Å². The molecule has 0 aliphatic heterocycles. The van der Waals surface area contributed by atoms with Crippen molar-refractivity contribution in [3.05, 3.63) is 35.9 Å². The number of carbonyl (C=O) groups excluding carboxylic acids is 3. The Bertz CT molecular complexity index is 707. The molecule has 3 amide bonds. The third-order valence-corrected chi connectivity index (χ3v) is 3.90. The third kappa shape index (κ3) is 9.61. The number of alkyl halides is 6. The molecule has 168 valence electrons. The molecule has 30 heavy (non-hydrogen) atoms. The maximum Gasteiger partial charge on any atom is 0.471 e. The molecule has 0 spiro atoms. The second-order valence-electron chi connectivity index (χ2n) is 6.30. The van der Waals surface area contributed by atoms with Gasteiger partial charge in [-0.15, -0.1) is 0 Å². The molecule has 6 nitrogen and oxygen atoms in total. The molecule has 0 aliphatic rings. The van der Waals surface area contributed by atoms with Crippen LogP contribution in [0.2, 0.25) is 0 Å². The zero-order chi connectivity index (χ0) is 22.8. The molecular formula is C18H21F6N3O3. The van der Waals surface area contributed by atoms with Gasteiger partial charge in [0.25, 0.3) is 0 Å². The fourth-order valence-electron chi connectivity index (χ4n) is 2.38. The molecule has 12 heteroatoms. The number of carbonyl (C=O) groups is 3. The third-order valence-electron chi connectivity index (χ3n) is 3.90. The Morgan fingerprint density at radius 1 is 0.800 bits per heavy atom. The van der Waals surface area contributed by atoms with Crippen LogP contribution in [0.5, 0.6) is 0 Å². The molecule has 0 bridgehead atoms. The Kier molecular flexibility index (Phi) is 9.60. The molecule has 0 fully saturated rings. The Morgan fingerprint density at radius 2 is 1.40 bits per heavy atom. The zero-order valence-corrected chi connectivity index (χ0v) is 15.7. The minimum atomic E-state index is -5.19. The van der Waals surface area contributed by atoms with Crippen LogP contribution in [0.4, 0.5) is 26.3 Å². The normalized spacial score (nSPS) is 12.7. The van der Waals surface area contributed by atoms with E-state index in [4.69, 9.17) is 0 Å². The molecular weight excluding hydrogens is 420 g/mol. The first-order chi connectivity index (χ1) is 13.9. The minimum Gasteiger partial charge on any atom is -0.354 e. The van der Waals surface area contributed by atoms with Gasteiger partial charge >= 0.3 is 24.2 Å². The van der Waals surface area contributed by atoms with E-state index in [1.165, 1.54) is 0 Å². The number of halogens is 6. The monoisotopic (exact) mass is 441 g/mol. The second kappa shape index (κ2) is 11.4. The summed E-state index contributed by atoms with van der Waals surface area (Å²) < 4.78 is 73.7. The van der Waals surface area contributed by atoms with Crippen molar-refractivity contribution >= 4 is 17.7 Å². The molecule has 0 saturated carbocycles. The van der Waals surface area contributed by atoms with Crippen molar-refractivity contribution in [1.29, 1.82) is 0 Å². The van der Waals surface area contributed by atoms with Crippen LogP contribution in [-0.2, 0) is 20.8 Å². The molecule has 0 radical (unpaired) electrons. The number of hydrogen-bond donors (Lipinski definition) is 3. The highest BCUT2D eigenvalue weighted by Gasteiger charge is 2.41. The predicted molar refractivity (Wildman–Crippen MR) is 94.1 cm³/mol. The van der Waals surface area contributed by atoms with Gasteiger partial charge in [-0.3, -0.25) is 14.4 Å². The number of nitrogens with one attached hydrogen (secondary N) is 3. The summed E-state index contributed by atoms with van der Waals surface area (Å²) in [5.41, 5.74) is 0.883. The van der Waals surface area contributed by atoms with Crippen LogP contribution >= 0.6 is 0 Å². The standard InChI is InChI=1S/C18H21F6N3O3/c19-17(20,21)15(29)26-10-5-4-8-13(27-16(30)18(22,23)24)14(28)25-11-9-12-6-2-1-3-7-12/h1-3,6-7,13H,4-5,8-11H2,(H,25,28)(H,26,29)(H,27,30)/t13-/m0/s1. The van der Waals surface area contributed by atoms with Gasteiger partial charge in [0.1, 0.15) is 6.04 Å². The molecule has 0 saturated heterocycles. The second-order valence-corrected chi connectivity index (χ2v) is 6.30. The number of amides is 3. The summed E-state index contributed by atoms with van der Waals surface area (Å²) in [6.07, 6.45) is -10.1. The number of hydrogen-bond acceptors (Lipinski definition) is 3. The highest BCUT2D eigenvalue weighted by Crippen LogP contribution is 2.16. The zero-order valence-electron chi connectivity index (χ0n) is 15.7. The van der Waals surface area contributed by atoms with Crippen LogP contribution in [-0.4, -0.2) is 49.2 Å². The van der Waals surface area contributed by atoms with E-state index >= 15 is 0 Å². The highest BCUT2D eigenvalue weighted by molar-refractivity contribution is 5.89. The van der Waals surface area contributed by atoms with Gasteiger partial charge < -0.3 is 16.0 Å². The van der Waals surface area contributed by atoms with E-state index in [0.29, 0.717) is 6.42 Å². The smallest absolute Gasteiger partial charge is 0.354 e. The van der Waals surface area contributed by atoms with Gasteiger partial charge in [0.15, 0.2) is 0 Å². The number of rotatable bonds is 10. The van der Waals surface area contributed by atoms with Crippen molar-refractivity contribution < 1.29 is 40.7 Å². The van der Waals surface area contributed by atoms with Crippen LogP contribution < -0.4 is 16.0 Å². The van der Waals surface area contributed by atoms with E-state index in [-0.39, 0.29) is 32.4 Å². The summed E-state index contributed by atoms with van der Waals surface area (Å²) >= 11 is 0. The van der Waals surface area contributed by atoms with Crippen LogP contribution in [0, 0.1) is 0 Å². The Hall–Kier alpha value is -2.79.